The smallest absolute Gasteiger partial charge is 0.294 e. The molecule has 5 rings (SSSR count). The molecule has 0 saturated carbocycles. The molecule has 1 fully saturated rings. The van der Waals surface area contributed by atoms with Crippen LogP contribution < -0.4 is 4.90 Å². The van der Waals surface area contributed by atoms with Crippen LogP contribution in [0.25, 0.3) is 0 Å². The fraction of sp³-hybridized carbons (Fsp3) is 0.333. The molecular formula is C27H32N2O4S3. The predicted molar refractivity (Wildman–Crippen MR) is 147 cm³/mol. The fourth-order valence-electron chi connectivity index (χ4n) is 4.61. The lowest BCUT2D eigenvalue weighted by atomic mass is 9.99. The molecule has 1 unspecified atom stereocenters. The van der Waals surface area contributed by atoms with Crippen molar-refractivity contribution in [2.24, 2.45) is 0 Å². The number of nitrogens with zero attached hydrogens (tertiary/aromatic N) is 2. The lowest BCUT2D eigenvalue weighted by Crippen LogP contribution is -2.38. The highest BCUT2D eigenvalue weighted by atomic mass is 32.2. The van der Waals surface area contributed by atoms with Crippen LogP contribution in [0.15, 0.2) is 92.4 Å². The van der Waals surface area contributed by atoms with E-state index in [1.54, 1.807) is 24.5 Å². The normalized spacial score (nSPS) is 18.4. The van der Waals surface area contributed by atoms with Gasteiger partial charge in [0.25, 0.3) is 10.1 Å². The van der Waals surface area contributed by atoms with Crippen molar-refractivity contribution in [1.29, 1.82) is 0 Å². The number of anilines is 2. The molecule has 0 aromatic heterocycles. The summed E-state index contributed by atoms with van der Waals surface area (Å²) in [6.07, 6.45) is 6.88. The molecule has 1 N–H and O–H groups in total. The first-order valence-electron chi connectivity index (χ1n) is 12.0. The van der Waals surface area contributed by atoms with Gasteiger partial charge in [-0.1, -0.05) is 48.5 Å². The van der Waals surface area contributed by atoms with E-state index in [1.165, 1.54) is 59.1 Å². The second-order valence-electron chi connectivity index (χ2n) is 9.01. The Morgan fingerprint density at radius 1 is 0.972 bits per heavy atom. The Hall–Kier alpha value is -2.17. The van der Waals surface area contributed by atoms with Crippen molar-refractivity contribution >= 4 is 44.1 Å². The number of hydrogen-bond donors (Lipinski definition) is 1. The van der Waals surface area contributed by atoms with Crippen molar-refractivity contribution in [1.82, 2.24) is 4.90 Å². The van der Waals surface area contributed by atoms with Gasteiger partial charge in [-0.3, -0.25) is 8.76 Å². The van der Waals surface area contributed by atoms with E-state index >= 15 is 0 Å². The molecule has 36 heavy (non-hydrogen) atoms. The molecule has 3 aromatic rings. The number of fused-ring (bicyclic) bond motifs is 2. The Morgan fingerprint density at radius 2 is 1.67 bits per heavy atom. The van der Waals surface area contributed by atoms with Crippen LogP contribution in [0.1, 0.15) is 25.7 Å². The summed E-state index contributed by atoms with van der Waals surface area (Å²) in [5.41, 5.74) is 2.49. The number of piperidine rings is 1. The Balaban J connectivity index is 0.000000256. The lowest BCUT2D eigenvalue weighted by molar-refractivity contribution is 0.178. The van der Waals surface area contributed by atoms with Crippen LogP contribution in [0, 0.1) is 0 Å². The monoisotopic (exact) mass is 544 g/mol. The molecule has 2 aliphatic rings. The van der Waals surface area contributed by atoms with Gasteiger partial charge in [-0.2, -0.15) is 8.42 Å². The van der Waals surface area contributed by atoms with E-state index in [0.29, 0.717) is 6.04 Å². The molecule has 9 heteroatoms. The van der Waals surface area contributed by atoms with Crippen LogP contribution in [-0.2, 0) is 20.9 Å². The van der Waals surface area contributed by atoms with Crippen molar-refractivity contribution in [3.63, 3.8) is 0 Å². The highest BCUT2D eigenvalue weighted by molar-refractivity contribution is 7.99. The molecule has 0 amide bonds. The first-order chi connectivity index (χ1) is 17.2. The van der Waals surface area contributed by atoms with Crippen molar-refractivity contribution in [3.05, 3.63) is 72.8 Å². The SMILES string of the molecule is CN1CCCC[C@H]1CCN1c2ccccc2Sc2ccc(S(C)=O)cc21.O=S(=O)(O)c1ccccc1. The van der Waals surface area contributed by atoms with Crippen molar-refractivity contribution in [2.75, 3.05) is 31.3 Å². The standard InChI is InChI=1S/C21H26N2OS2.C6H6O3S/c1-22-13-6-5-7-16(22)12-14-23-18-8-3-4-9-20(18)25-21-11-10-17(26(2)24)15-19(21)23;7-10(8,9)6-4-2-1-3-5-6/h3-4,8-11,15-16H,5-7,12-14H2,1-2H3;1-5H,(H,7,8,9)/t16-,26?;/m0./s1. The summed E-state index contributed by atoms with van der Waals surface area (Å²) in [5.74, 6) is 0. The van der Waals surface area contributed by atoms with E-state index in [2.05, 4.69) is 53.2 Å². The average molecular weight is 545 g/mol. The number of benzene rings is 3. The molecule has 1 saturated heterocycles. The second-order valence-corrected chi connectivity index (χ2v) is 12.9. The molecule has 2 atom stereocenters. The Kier molecular flexibility index (Phi) is 8.90. The molecule has 0 aliphatic carbocycles. The summed E-state index contributed by atoms with van der Waals surface area (Å²) in [6, 6.07) is 23.0. The average Bonchev–Trinajstić information content (AvgIpc) is 2.87. The molecular weight excluding hydrogens is 513 g/mol. The van der Waals surface area contributed by atoms with Crippen LogP contribution in [0.2, 0.25) is 0 Å². The summed E-state index contributed by atoms with van der Waals surface area (Å²) in [5, 5.41) is 0. The van der Waals surface area contributed by atoms with Gasteiger partial charge in [-0.25, -0.2) is 0 Å². The van der Waals surface area contributed by atoms with Gasteiger partial charge in [0.2, 0.25) is 0 Å². The largest absolute Gasteiger partial charge is 0.340 e. The van der Waals surface area contributed by atoms with Crippen LogP contribution in [0.5, 0.6) is 0 Å². The Morgan fingerprint density at radius 3 is 2.33 bits per heavy atom. The maximum Gasteiger partial charge on any atom is 0.294 e. The van der Waals surface area contributed by atoms with E-state index in [0.717, 1.165) is 17.9 Å². The van der Waals surface area contributed by atoms with Crippen LogP contribution in [0.4, 0.5) is 11.4 Å². The van der Waals surface area contributed by atoms with Gasteiger partial charge in [0.05, 0.1) is 16.3 Å². The van der Waals surface area contributed by atoms with E-state index in [1.807, 2.05) is 17.8 Å². The fourth-order valence-corrected chi connectivity index (χ4v) is 6.72. The lowest BCUT2D eigenvalue weighted by Gasteiger charge is -2.37. The summed E-state index contributed by atoms with van der Waals surface area (Å²) in [6.45, 7) is 2.21. The predicted octanol–water partition coefficient (Wildman–Crippen LogP) is 5.83. The van der Waals surface area contributed by atoms with Gasteiger partial charge >= 0.3 is 0 Å². The zero-order chi connectivity index (χ0) is 25.7. The summed E-state index contributed by atoms with van der Waals surface area (Å²) < 4.78 is 41.2. The minimum absolute atomic E-state index is 0.0741. The molecule has 2 heterocycles. The molecule has 0 spiro atoms. The van der Waals surface area contributed by atoms with Crippen LogP contribution in [0.3, 0.4) is 0 Å². The van der Waals surface area contributed by atoms with Crippen molar-refractivity contribution in [3.8, 4) is 0 Å². The zero-order valence-corrected chi connectivity index (χ0v) is 23.0. The van der Waals surface area contributed by atoms with Crippen LogP contribution >= 0.6 is 11.8 Å². The molecule has 3 aromatic carbocycles. The zero-order valence-electron chi connectivity index (χ0n) is 20.5. The summed E-state index contributed by atoms with van der Waals surface area (Å²) >= 11 is 1.82. The first-order valence-corrected chi connectivity index (χ1v) is 15.8. The van der Waals surface area contributed by atoms with Crippen LogP contribution in [-0.4, -0.2) is 54.5 Å². The minimum Gasteiger partial charge on any atom is -0.340 e. The Labute approximate surface area is 220 Å². The first kappa shape index (κ1) is 26.9. The highest BCUT2D eigenvalue weighted by Crippen LogP contribution is 2.48. The Bertz CT molecular complexity index is 1320. The third-order valence-electron chi connectivity index (χ3n) is 6.58. The maximum atomic E-state index is 12.0. The minimum atomic E-state index is -4.00. The number of likely N-dealkylation sites (tertiary alicyclic amines) is 1. The van der Waals surface area contributed by atoms with E-state index in [9.17, 15) is 12.6 Å². The van der Waals surface area contributed by atoms with E-state index in [-0.39, 0.29) is 4.90 Å². The third-order valence-corrected chi connectivity index (χ3v) is 9.49. The van der Waals surface area contributed by atoms with Gasteiger partial charge < -0.3 is 9.80 Å². The summed E-state index contributed by atoms with van der Waals surface area (Å²) in [7, 11) is -2.70. The highest BCUT2D eigenvalue weighted by Gasteiger charge is 2.26. The third kappa shape index (κ3) is 6.58. The van der Waals surface area contributed by atoms with E-state index < -0.39 is 20.9 Å². The van der Waals surface area contributed by atoms with Gasteiger partial charge in [0, 0.05) is 44.3 Å². The number of para-hydroxylation sites is 1. The molecule has 192 valence electrons. The quantitative estimate of drug-likeness (QED) is 0.405. The topological polar surface area (TPSA) is 77.9 Å². The number of rotatable bonds is 5. The second kappa shape index (κ2) is 11.9. The molecule has 6 nitrogen and oxygen atoms in total. The maximum absolute atomic E-state index is 12.0. The van der Waals surface area contributed by atoms with Gasteiger partial charge in [0.15, 0.2) is 0 Å². The molecule has 0 bridgehead atoms. The summed E-state index contributed by atoms with van der Waals surface area (Å²) in [4.78, 5) is 8.36. The van der Waals surface area contributed by atoms with Crippen molar-refractivity contribution < 1.29 is 17.2 Å². The van der Waals surface area contributed by atoms with Gasteiger partial charge in [-0.15, -0.1) is 0 Å². The number of hydrogen-bond acceptors (Lipinski definition) is 6. The van der Waals surface area contributed by atoms with Gasteiger partial charge in [0.1, 0.15) is 0 Å². The molecule has 0 radical (unpaired) electrons. The van der Waals surface area contributed by atoms with E-state index in [4.69, 9.17) is 4.55 Å². The van der Waals surface area contributed by atoms with Gasteiger partial charge in [-0.05, 0) is 75.3 Å². The van der Waals surface area contributed by atoms with Crippen molar-refractivity contribution in [2.45, 2.75) is 51.3 Å². The molecule has 2 aliphatic heterocycles.